The van der Waals surface area contributed by atoms with Gasteiger partial charge >= 0.3 is 5.97 Å². The van der Waals surface area contributed by atoms with Crippen molar-refractivity contribution in [2.45, 2.75) is 384 Å². The Bertz CT molecular complexity index is 3870. The fourth-order valence-electron chi connectivity index (χ4n) is 18.1. The van der Waals surface area contributed by atoms with Gasteiger partial charge in [0, 0.05) is 34.1 Å². The van der Waals surface area contributed by atoms with Crippen LogP contribution in [0.2, 0.25) is 0 Å². The SMILES string of the molecule is CC(=O)N[C@H]1[C@H](O[C@H]2[C@@H](O)[C@@H](CO[C@@H]3O[C@H](CO)[C@@H](O[C@@H]4O[C@H](CO)[C@H](O)[C@H](O[C@H]5O[C@H](CO)[C@H](O)[C@H](O)[C@H]5O)[C@H]4O[C@@H]4O[C@@H](C)[C@@H](O)[C@@H](O)[C@@H]4O)[C@H](O)[C@H]3NC(C)=O)O[C@@H](O[C@H]3[C@H](O)[C@@H](CO)O[C@@H](O[C@H]4[C@@H](O)[C@@H](CO)O[C@@H](O[C@H]5[C@H](O)[C@@H](O)[C@H](O)O[C@@H]5CO)[C@@H]4O)[C@@H]3NC(C)=O)[C@@H]2O)O[C@H](CO)[C@@H](O[C@@H]2O[C@H](CO)[C@H](O)[C@H](O[C@]3(C(=O)O)C[C@H](O)[C@@H](NC(C)=O)[C@H]([C@H](O)[C@H](O)CO)O3)[C@H]2O)[C@@H]1O. The number of rotatable bonds is 37. The first kappa shape index (κ1) is 115. The van der Waals surface area contributed by atoms with Crippen LogP contribution in [0.15, 0.2) is 0 Å². The summed E-state index contributed by atoms with van der Waals surface area (Å²) in [6, 6.07) is -8.23. The van der Waals surface area contributed by atoms with Crippen LogP contribution in [-0.2, 0) is 123 Å². The third kappa shape index (κ3) is 25.0. The Hall–Kier alpha value is -4.73. The average molecular weight is 2040 g/mol. The summed E-state index contributed by atoms with van der Waals surface area (Å²) in [5.74, 6) is -9.70. The number of amides is 4. The lowest BCUT2D eigenvalue weighted by Gasteiger charge is -2.52. The summed E-state index contributed by atoms with van der Waals surface area (Å²) in [5.41, 5.74) is 0. The summed E-state index contributed by atoms with van der Waals surface area (Å²) in [4.78, 5) is 66.1. The van der Waals surface area contributed by atoms with Crippen LogP contribution in [0.1, 0.15) is 41.0 Å². The molecule has 0 spiro atoms. The van der Waals surface area contributed by atoms with E-state index in [1.54, 1.807) is 0 Å². The van der Waals surface area contributed by atoms with E-state index in [1.807, 2.05) is 0 Å². The van der Waals surface area contributed by atoms with Crippen molar-refractivity contribution in [1.29, 1.82) is 0 Å². The van der Waals surface area contributed by atoms with Crippen LogP contribution in [0, 0.1) is 0 Å². The molecular formula is C77H128N4O58. The van der Waals surface area contributed by atoms with Crippen molar-refractivity contribution >= 4 is 29.6 Å². The van der Waals surface area contributed by atoms with Gasteiger partial charge in [-0.15, -0.1) is 0 Å². The number of carboxylic acid groups (broad SMARTS) is 1. The van der Waals surface area contributed by atoms with Gasteiger partial charge in [0.1, 0.15) is 256 Å². The van der Waals surface area contributed by atoms with Gasteiger partial charge < -0.3 is 284 Å². The van der Waals surface area contributed by atoms with Gasteiger partial charge in [-0.1, -0.05) is 0 Å². The van der Waals surface area contributed by atoms with E-state index < -0.39 is 445 Å². The minimum atomic E-state index is -3.36. The maximum atomic E-state index is 13.5. The molecule has 11 aliphatic rings. The summed E-state index contributed by atoms with van der Waals surface area (Å²) in [6.45, 7) is -7.43. The topological polar surface area (TPSA) is 975 Å². The number of nitrogens with one attached hydrogen (secondary N) is 4. The van der Waals surface area contributed by atoms with E-state index in [2.05, 4.69) is 21.3 Å². The molecule has 11 saturated heterocycles. The quantitative estimate of drug-likeness (QED) is 0.0275. The minimum Gasteiger partial charge on any atom is -0.477 e. The summed E-state index contributed by atoms with van der Waals surface area (Å²) in [5, 5.41) is 368. The van der Waals surface area contributed by atoms with Crippen LogP contribution >= 0.6 is 0 Å². The van der Waals surface area contributed by atoms with E-state index >= 15 is 0 Å². The normalized spacial score (nSPS) is 48.9. The van der Waals surface area contributed by atoms with Gasteiger partial charge in [-0.3, -0.25) is 19.2 Å². The molecule has 62 nitrogen and oxygen atoms in total. The maximum Gasteiger partial charge on any atom is 0.364 e. The minimum absolute atomic E-state index is 0.833. The van der Waals surface area contributed by atoms with Crippen LogP contribution < -0.4 is 21.3 Å². The molecule has 0 aromatic heterocycles. The fraction of sp³-hybridized carbons (Fsp3) is 0.935. The highest BCUT2D eigenvalue weighted by atomic mass is 16.8. The third-order valence-corrected chi connectivity index (χ3v) is 25.5. The number of hydrogen-bond donors (Lipinski definition) is 36. The highest BCUT2D eigenvalue weighted by Crippen LogP contribution is 2.44. The van der Waals surface area contributed by atoms with Crippen molar-refractivity contribution in [3.8, 4) is 0 Å². The van der Waals surface area contributed by atoms with Crippen molar-refractivity contribution in [2.24, 2.45) is 0 Å². The highest BCUT2D eigenvalue weighted by molar-refractivity contribution is 5.77. The van der Waals surface area contributed by atoms with E-state index in [0.717, 1.165) is 27.7 Å². The van der Waals surface area contributed by atoms with Crippen molar-refractivity contribution in [1.82, 2.24) is 21.3 Å². The number of aliphatic carboxylic acids is 1. The lowest BCUT2D eigenvalue weighted by Crippen LogP contribution is -2.71. The zero-order valence-electron chi connectivity index (χ0n) is 74.5. The summed E-state index contributed by atoms with van der Waals surface area (Å²) in [7, 11) is 0. The van der Waals surface area contributed by atoms with E-state index in [-0.39, 0.29) is 0 Å². The molecule has 0 unspecified atom stereocenters. The molecule has 4 amide bonds. The highest BCUT2D eigenvalue weighted by Gasteiger charge is 2.65. The first-order valence-electron chi connectivity index (χ1n) is 44.2. The summed E-state index contributed by atoms with van der Waals surface area (Å²) >= 11 is 0. The second kappa shape index (κ2) is 49.4. The Morgan fingerprint density at radius 2 is 0.640 bits per heavy atom. The Morgan fingerprint density at radius 3 is 1.12 bits per heavy atom. The van der Waals surface area contributed by atoms with Gasteiger partial charge in [-0.25, -0.2) is 4.79 Å². The molecule has 0 bridgehead atoms. The third-order valence-electron chi connectivity index (χ3n) is 25.5. The molecule has 36 N–H and O–H groups in total. The molecule has 804 valence electrons. The standard InChI is InChI=1S/C77H128N4O58/c1-17-37(97)47(107)51(111)70(120-17)137-65-64(136-71-52(112)48(108)39(99)24(8-83)123-71)43(103)28(12-87)126-75(65)132-57-30(14-89)127-67(34(45(57)105)79-19(3)92)119-16-32-44(104)62(54(114)73(129-32)133-59-36(81-21(5)94)69(122-25(9-84)40(59)100)135-61-41(101)26(10-85)124-72(53(61)113)131-58-29(13-88)121-66(116)50(110)49(58)109)134-68-35(80-20(4)93)46(106)56(31(15-90)128-68)130-74-55(115)63(42(102)27(11-86)125-74)139-77(76(117)118)6-22(95)33(78-18(2)91)60(138-77)38(98)23(96)7-82/h17,22-75,82-90,95-116H,6-16H2,1-5H3,(H,78,91)(H,79,92)(H,80,93)(H,81,94)(H,117,118)/t17-,22-,23+,24+,25+,26+,27+,28+,29+,30+,31+,32+,33+,34+,35+,36+,37+,38+,39-,40+,41-,42-,43-,44-,45+,46+,47+,48-,49+,50+,51-,52+,53+,54+,55+,56+,57+,58+,59+,60+,61-,62-,63-,64-,65+,66+,67+,68-,69-,70-,71+,72-,73-,74-,75-,77-/m0/s1. The molecule has 11 rings (SSSR count). The number of aliphatic hydroxyl groups excluding tert-OH is 31. The van der Waals surface area contributed by atoms with Crippen molar-refractivity contribution in [3.05, 3.63) is 0 Å². The molecule has 0 saturated carbocycles. The number of aliphatic hydroxyl groups is 31. The summed E-state index contributed by atoms with van der Waals surface area (Å²) in [6.07, 6.45) is -114. The van der Waals surface area contributed by atoms with Crippen molar-refractivity contribution < 1.29 is 287 Å². The van der Waals surface area contributed by atoms with E-state index in [9.17, 15) is 187 Å². The molecule has 0 aromatic rings. The zero-order valence-corrected chi connectivity index (χ0v) is 74.5. The molecule has 56 atom stereocenters. The van der Waals surface area contributed by atoms with Gasteiger partial charge in [0.05, 0.1) is 84.3 Å². The molecule has 0 aliphatic carbocycles. The summed E-state index contributed by atoms with van der Waals surface area (Å²) < 4.78 is 125. The van der Waals surface area contributed by atoms with Gasteiger partial charge in [0.15, 0.2) is 62.9 Å². The molecule has 0 aromatic carbocycles. The second-order valence-electron chi connectivity index (χ2n) is 35.2. The molecule has 62 heteroatoms. The lowest BCUT2D eigenvalue weighted by atomic mass is 9.88. The predicted molar refractivity (Wildman–Crippen MR) is 425 cm³/mol. The molecule has 0 radical (unpaired) electrons. The fourth-order valence-corrected chi connectivity index (χ4v) is 18.1. The lowest BCUT2D eigenvalue weighted by molar-refractivity contribution is -0.403. The first-order valence-corrected chi connectivity index (χ1v) is 44.2. The molecule has 11 aliphatic heterocycles. The molecule has 11 fully saturated rings. The van der Waals surface area contributed by atoms with E-state index in [1.165, 1.54) is 6.92 Å². The van der Waals surface area contributed by atoms with Crippen LogP contribution in [0.25, 0.3) is 0 Å². The smallest absolute Gasteiger partial charge is 0.364 e. The Labute approximate surface area is 785 Å². The zero-order chi connectivity index (χ0) is 103. The number of ether oxygens (including phenoxy) is 21. The Balaban J connectivity index is 0.928. The maximum absolute atomic E-state index is 13.5. The average Bonchev–Trinajstić information content (AvgIpc) is 0.750. The molecule has 139 heavy (non-hydrogen) atoms. The number of hydrogen-bond acceptors (Lipinski definition) is 57. The van der Waals surface area contributed by atoms with Crippen molar-refractivity contribution in [3.63, 3.8) is 0 Å². The van der Waals surface area contributed by atoms with Crippen LogP contribution in [-0.4, -0.2) is 602 Å². The van der Waals surface area contributed by atoms with Crippen molar-refractivity contribution in [2.75, 3.05) is 66.1 Å². The predicted octanol–water partition coefficient (Wildman–Crippen LogP) is -24.2. The van der Waals surface area contributed by atoms with Gasteiger partial charge in [-0.05, 0) is 6.92 Å². The van der Waals surface area contributed by atoms with Crippen LogP contribution in [0.5, 0.6) is 0 Å². The van der Waals surface area contributed by atoms with Gasteiger partial charge in [0.25, 0.3) is 5.79 Å². The van der Waals surface area contributed by atoms with Gasteiger partial charge in [-0.2, -0.15) is 0 Å². The van der Waals surface area contributed by atoms with Crippen LogP contribution in [0.4, 0.5) is 0 Å². The number of carbonyl (C=O) groups is 5. The Morgan fingerprint density at radius 1 is 0.309 bits per heavy atom. The molecule has 11 heterocycles. The number of carboxylic acids is 1. The monoisotopic (exact) mass is 2040 g/mol. The van der Waals surface area contributed by atoms with E-state index in [4.69, 9.17) is 99.5 Å². The molecular weight excluding hydrogens is 1910 g/mol. The first-order chi connectivity index (χ1) is 65.6. The second-order valence-corrected chi connectivity index (χ2v) is 35.2. The van der Waals surface area contributed by atoms with Crippen LogP contribution in [0.3, 0.4) is 0 Å². The largest absolute Gasteiger partial charge is 0.477 e. The Kier molecular flexibility index (Phi) is 40.7. The van der Waals surface area contributed by atoms with Gasteiger partial charge in [0.2, 0.25) is 23.6 Å². The van der Waals surface area contributed by atoms with E-state index in [0.29, 0.717) is 0 Å². The number of carbonyl (C=O) groups excluding carboxylic acids is 4.